The average molecular weight is 432 g/mol. The van der Waals surface area contributed by atoms with Crippen LogP contribution in [-0.2, 0) is 10.3 Å². The number of fused-ring (bicyclic) bond motifs is 2. The van der Waals surface area contributed by atoms with Crippen LogP contribution in [-0.4, -0.2) is 36.1 Å². The lowest BCUT2D eigenvalue weighted by Crippen LogP contribution is -2.43. The predicted molar refractivity (Wildman–Crippen MR) is 130 cm³/mol. The lowest BCUT2D eigenvalue weighted by Gasteiger charge is -2.37. The summed E-state index contributed by atoms with van der Waals surface area (Å²) in [5, 5.41) is 6.81. The van der Waals surface area contributed by atoms with Gasteiger partial charge in [-0.15, -0.1) is 0 Å². The fraction of sp³-hybridized carbons (Fsp3) is 0.462. The summed E-state index contributed by atoms with van der Waals surface area (Å²) in [6, 6.07) is 8.55. The largest absolute Gasteiger partial charge is 0.485 e. The van der Waals surface area contributed by atoms with E-state index in [1.807, 2.05) is 12.3 Å². The minimum absolute atomic E-state index is 0.322. The third-order valence-corrected chi connectivity index (χ3v) is 6.83. The van der Waals surface area contributed by atoms with Crippen molar-refractivity contribution in [1.29, 1.82) is 0 Å². The molecule has 6 heteroatoms. The molecule has 1 aliphatic carbocycles. The third kappa shape index (κ3) is 3.88. The highest BCUT2D eigenvalue weighted by molar-refractivity contribution is 5.78. The molecular weight excluding hydrogens is 398 g/mol. The van der Waals surface area contributed by atoms with E-state index in [0.717, 1.165) is 80.1 Å². The van der Waals surface area contributed by atoms with Gasteiger partial charge in [0.15, 0.2) is 5.60 Å². The Balaban J connectivity index is 1.43. The standard InChI is InChI=1S/C26H33N5O/c1-3-7-23-21(4-2)22-18-28-25(30-24(22)26(32-23)12-5-6-13-26)29-19-8-10-20(11-9-19)31-16-14-27-15-17-31/h4,8-11,18,27H,2-3,5-7,12-17H2,1H3,(H,28,29,30). The van der Waals surface area contributed by atoms with Gasteiger partial charge in [-0.1, -0.05) is 19.6 Å². The number of allylic oxidation sites excluding steroid dienone is 3. The van der Waals surface area contributed by atoms with Crippen molar-refractivity contribution in [2.75, 3.05) is 36.4 Å². The molecule has 3 aliphatic rings. The minimum atomic E-state index is -0.322. The number of piperazine rings is 1. The molecule has 32 heavy (non-hydrogen) atoms. The molecule has 0 atom stereocenters. The van der Waals surface area contributed by atoms with Gasteiger partial charge in [0.1, 0.15) is 5.76 Å². The highest BCUT2D eigenvalue weighted by Crippen LogP contribution is 2.50. The van der Waals surface area contributed by atoms with E-state index in [1.165, 1.54) is 18.5 Å². The summed E-state index contributed by atoms with van der Waals surface area (Å²) in [7, 11) is 0. The molecule has 2 fully saturated rings. The fourth-order valence-electron chi connectivity index (χ4n) is 5.21. The quantitative estimate of drug-likeness (QED) is 0.661. The minimum Gasteiger partial charge on any atom is -0.485 e. The van der Waals surface area contributed by atoms with Crippen LogP contribution in [0.5, 0.6) is 0 Å². The number of hydrogen-bond acceptors (Lipinski definition) is 6. The van der Waals surface area contributed by atoms with Gasteiger partial charge in [-0.05, 0) is 56.4 Å². The van der Waals surface area contributed by atoms with Gasteiger partial charge in [0.2, 0.25) is 5.95 Å². The molecule has 3 heterocycles. The highest BCUT2D eigenvalue weighted by Gasteiger charge is 2.45. The van der Waals surface area contributed by atoms with Gasteiger partial charge in [0.25, 0.3) is 0 Å². The first-order chi connectivity index (χ1) is 15.7. The van der Waals surface area contributed by atoms with Crippen LogP contribution in [0.25, 0.3) is 5.57 Å². The zero-order valence-electron chi connectivity index (χ0n) is 19.0. The summed E-state index contributed by atoms with van der Waals surface area (Å²) in [6.45, 7) is 10.4. The van der Waals surface area contributed by atoms with Gasteiger partial charge in [-0.25, -0.2) is 9.97 Å². The number of benzene rings is 1. The Labute approximate surface area is 190 Å². The number of hydrogen-bond donors (Lipinski definition) is 2. The first-order valence-electron chi connectivity index (χ1n) is 12.0. The zero-order valence-corrected chi connectivity index (χ0v) is 19.0. The lowest BCUT2D eigenvalue weighted by molar-refractivity contribution is -0.00807. The maximum absolute atomic E-state index is 6.67. The third-order valence-electron chi connectivity index (χ3n) is 6.83. The van der Waals surface area contributed by atoms with Gasteiger partial charge in [-0.3, -0.25) is 0 Å². The molecule has 0 amide bonds. The maximum Gasteiger partial charge on any atom is 0.227 e. The Bertz CT molecular complexity index is 1000. The molecule has 0 unspecified atom stereocenters. The second-order valence-electron chi connectivity index (χ2n) is 8.96. The highest BCUT2D eigenvalue weighted by atomic mass is 16.5. The number of anilines is 3. The molecule has 1 spiro atoms. The Hall–Kier alpha value is -2.86. The predicted octanol–water partition coefficient (Wildman–Crippen LogP) is 5.13. The van der Waals surface area contributed by atoms with E-state index in [4.69, 9.17) is 9.72 Å². The molecule has 6 nitrogen and oxygen atoms in total. The fourth-order valence-corrected chi connectivity index (χ4v) is 5.21. The zero-order chi connectivity index (χ0) is 22.0. The lowest BCUT2D eigenvalue weighted by atomic mass is 9.87. The monoisotopic (exact) mass is 431 g/mol. The van der Waals surface area contributed by atoms with Gasteiger partial charge >= 0.3 is 0 Å². The van der Waals surface area contributed by atoms with Crippen LogP contribution in [0, 0.1) is 0 Å². The van der Waals surface area contributed by atoms with E-state index < -0.39 is 0 Å². The molecule has 1 aromatic carbocycles. The van der Waals surface area contributed by atoms with Crippen molar-refractivity contribution < 1.29 is 4.74 Å². The van der Waals surface area contributed by atoms with E-state index in [9.17, 15) is 0 Å². The van der Waals surface area contributed by atoms with Gasteiger partial charge in [0, 0.05) is 61.3 Å². The summed E-state index contributed by atoms with van der Waals surface area (Å²) < 4.78 is 6.67. The van der Waals surface area contributed by atoms with Crippen molar-refractivity contribution in [3.8, 4) is 0 Å². The van der Waals surface area contributed by atoms with Crippen molar-refractivity contribution in [3.63, 3.8) is 0 Å². The molecule has 2 aromatic rings. The SMILES string of the molecule is C=CC1=C(CCC)OC2(CCCC2)c2nc(Nc3ccc(N4CCNCC4)cc3)ncc21. The molecule has 2 aliphatic heterocycles. The van der Waals surface area contributed by atoms with E-state index >= 15 is 0 Å². The van der Waals surface area contributed by atoms with Gasteiger partial charge in [0.05, 0.1) is 5.69 Å². The molecule has 0 bridgehead atoms. The summed E-state index contributed by atoms with van der Waals surface area (Å²) in [5.74, 6) is 1.67. The Morgan fingerprint density at radius 2 is 1.94 bits per heavy atom. The van der Waals surface area contributed by atoms with Gasteiger partial charge < -0.3 is 20.3 Å². The summed E-state index contributed by atoms with van der Waals surface area (Å²) in [6.07, 6.45) is 10.2. The number of rotatable bonds is 6. The normalized spacial score (nSPS) is 19.6. The second kappa shape index (κ2) is 8.94. The summed E-state index contributed by atoms with van der Waals surface area (Å²) in [5.41, 5.74) is 5.07. The van der Waals surface area contributed by atoms with E-state index in [-0.39, 0.29) is 5.60 Å². The molecular formula is C26H33N5O. The molecule has 168 valence electrons. The molecule has 0 radical (unpaired) electrons. The maximum atomic E-state index is 6.67. The first-order valence-corrected chi connectivity index (χ1v) is 12.0. The van der Waals surface area contributed by atoms with Gasteiger partial charge in [-0.2, -0.15) is 0 Å². The molecule has 5 rings (SSSR count). The Morgan fingerprint density at radius 3 is 2.62 bits per heavy atom. The molecule has 1 saturated heterocycles. The van der Waals surface area contributed by atoms with Crippen LogP contribution in [0.4, 0.5) is 17.3 Å². The van der Waals surface area contributed by atoms with Crippen molar-refractivity contribution in [3.05, 3.63) is 60.1 Å². The smallest absolute Gasteiger partial charge is 0.227 e. The van der Waals surface area contributed by atoms with Crippen molar-refractivity contribution >= 4 is 22.9 Å². The van der Waals surface area contributed by atoms with E-state index in [2.05, 4.69) is 58.3 Å². The van der Waals surface area contributed by atoms with Crippen LogP contribution in [0.1, 0.15) is 56.7 Å². The number of nitrogens with zero attached hydrogens (tertiary/aromatic N) is 3. The Kier molecular flexibility index (Phi) is 5.87. The topological polar surface area (TPSA) is 62.3 Å². The van der Waals surface area contributed by atoms with Crippen LogP contribution >= 0.6 is 0 Å². The van der Waals surface area contributed by atoms with Crippen molar-refractivity contribution in [2.45, 2.75) is 51.0 Å². The van der Waals surface area contributed by atoms with Crippen LogP contribution in [0.2, 0.25) is 0 Å². The first kappa shape index (κ1) is 21.0. The van der Waals surface area contributed by atoms with E-state index in [0.29, 0.717) is 5.95 Å². The Morgan fingerprint density at radius 1 is 1.19 bits per heavy atom. The number of ether oxygens (including phenoxy) is 1. The average Bonchev–Trinajstić information content (AvgIpc) is 3.30. The van der Waals surface area contributed by atoms with Crippen LogP contribution in [0.3, 0.4) is 0 Å². The second-order valence-corrected chi connectivity index (χ2v) is 8.96. The van der Waals surface area contributed by atoms with Crippen molar-refractivity contribution in [1.82, 2.24) is 15.3 Å². The summed E-state index contributed by atoms with van der Waals surface area (Å²) >= 11 is 0. The van der Waals surface area contributed by atoms with Crippen LogP contribution < -0.4 is 15.5 Å². The van der Waals surface area contributed by atoms with Crippen LogP contribution in [0.15, 0.2) is 48.9 Å². The molecule has 1 aromatic heterocycles. The number of nitrogens with one attached hydrogen (secondary N) is 2. The van der Waals surface area contributed by atoms with E-state index in [1.54, 1.807) is 0 Å². The number of aromatic nitrogens is 2. The molecule has 2 N–H and O–H groups in total. The van der Waals surface area contributed by atoms with Crippen molar-refractivity contribution in [2.24, 2.45) is 0 Å². The summed E-state index contributed by atoms with van der Waals surface area (Å²) in [4.78, 5) is 12.1. The molecule has 1 saturated carbocycles.